The Hall–Kier alpha value is -2.62. The number of anilines is 1. The van der Waals surface area contributed by atoms with Gasteiger partial charge in [-0.3, -0.25) is 0 Å². The maximum atomic E-state index is 12.1. The van der Waals surface area contributed by atoms with Crippen molar-refractivity contribution in [2.75, 3.05) is 18.1 Å². The molecule has 0 spiro atoms. The number of aliphatic imine (C=N–C) groups is 1. The average molecular weight is 296 g/mol. The number of esters is 1. The summed E-state index contributed by atoms with van der Waals surface area (Å²) in [7, 11) is 0. The molecule has 0 aliphatic carbocycles. The van der Waals surface area contributed by atoms with Crippen LogP contribution in [-0.4, -0.2) is 25.5 Å². The first-order valence-corrected chi connectivity index (χ1v) is 7.38. The Bertz CT molecular complexity index is 639. The van der Waals surface area contributed by atoms with Crippen molar-refractivity contribution in [2.24, 2.45) is 4.99 Å². The summed E-state index contributed by atoms with van der Waals surface area (Å²) in [6, 6.07) is 17.1. The maximum Gasteiger partial charge on any atom is 0.340 e. The second-order valence-corrected chi connectivity index (χ2v) is 4.60. The number of para-hydroxylation sites is 2. The molecule has 0 saturated heterocycles. The first-order valence-electron chi connectivity index (χ1n) is 7.38. The summed E-state index contributed by atoms with van der Waals surface area (Å²) in [6.07, 6.45) is 1.74. The van der Waals surface area contributed by atoms with E-state index in [0.29, 0.717) is 18.7 Å². The SMILES string of the molecule is CCOC(=O)c1ccccc1N(C=Nc1ccccc1)CC. The highest BCUT2D eigenvalue weighted by Crippen LogP contribution is 2.21. The molecule has 2 rings (SSSR count). The molecule has 0 bridgehead atoms. The second-order valence-electron chi connectivity index (χ2n) is 4.60. The van der Waals surface area contributed by atoms with Crippen LogP contribution >= 0.6 is 0 Å². The Morgan fingerprint density at radius 2 is 1.77 bits per heavy atom. The van der Waals surface area contributed by atoms with Crippen LogP contribution in [0.4, 0.5) is 11.4 Å². The van der Waals surface area contributed by atoms with Gasteiger partial charge < -0.3 is 9.64 Å². The fourth-order valence-electron chi connectivity index (χ4n) is 2.07. The van der Waals surface area contributed by atoms with E-state index in [4.69, 9.17) is 4.74 Å². The van der Waals surface area contributed by atoms with Crippen LogP contribution in [0.2, 0.25) is 0 Å². The van der Waals surface area contributed by atoms with Gasteiger partial charge in [0.15, 0.2) is 0 Å². The van der Waals surface area contributed by atoms with Crippen molar-refractivity contribution in [1.29, 1.82) is 0 Å². The van der Waals surface area contributed by atoms with Gasteiger partial charge in [-0.25, -0.2) is 9.79 Å². The van der Waals surface area contributed by atoms with E-state index in [1.165, 1.54) is 0 Å². The summed E-state index contributed by atoms with van der Waals surface area (Å²) >= 11 is 0. The molecule has 0 heterocycles. The molecule has 0 unspecified atom stereocenters. The first-order chi connectivity index (χ1) is 10.8. The lowest BCUT2D eigenvalue weighted by Gasteiger charge is -2.20. The molecule has 4 nitrogen and oxygen atoms in total. The Labute approximate surface area is 131 Å². The van der Waals surface area contributed by atoms with Crippen LogP contribution in [0, 0.1) is 0 Å². The molecule has 22 heavy (non-hydrogen) atoms. The van der Waals surface area contributed by atoms with Crippen LogP contribution in [-0.2, 0) is 4.74 Å². The van der Waals surface area contributed by atoms with Crippen molar-refractivity contribution >= 4 is 23.7 Å². The molecular weight excluding hydrogens is 276 g/mol. The largest absolute Gasteiger partial charge is 0.462 e. The monoisotopic (exact) mass is 296 g/mol. The summed E-state index contributed by atoms with van der Waals surface area (Å²) in [5.41, 5.74) is 2.21. The standard InChI is InChI=1S/C18H20N2O2/c1-3-20(14-19-15-10-6-5-7-11-15)17-13-9-8-12-16(17)18(21)22-4-2/h5-14H,3-4H2,1-2H3. The number of hydrogen-bond donors (Lipinski definition) is 0. The Balaban J connectivity index is 2.28. The predicted molar refractivity (Wildman–Crippen MR) is 90.0 cm³/mol. The van der Waals surface area contributed by atoms with Gasteiger partial charge in [-0.1, -0.05) is 30.3 Å². The lowest BCUT2D eigenvalue weighted by atomic mass is 10.1. The van der Waals surface area contributed by atoms with Gasteiger partial charge in [-0.05, 0) is 38.1 Å². The summed E-state index contributed by atoms with van der Waals surface area (Å²) < 4.78 is 5.12. The van der Waals surface area contributed by atoms with E-state index in [1.807, 2.05) is 60.4 Å². The highest BCUT2D eigenvalue weighted by molar-refractivity contribution is 5.99. The van der Waals surface area contributed by atoms with Crippen LogP contribution in [0.3, 0.4) is 0 Å². The highest BCUT2D eigenvalue weighted by atomic mass is 16.5. The minimum absolute atomic E-state index is 0.315. The molecule has 2 aromatic carbocycles. The van der Waals surface area contributed by atoms with Crippen molar-refractivity contribution in [1.82, 2.24) is 0 Å². The fourth-order valence-corrected chi connectivity index (χ4v) is 2.07. The number of hydrogen-bond acceptors (Lipinski definition) is 3. The number of ether oxygens (including phenoxy) is 1. The lowest BCUT2D eigenvalue weighted by Crippen LogP contribution is -2.23. The smallest absolute Gasteiger partial charge is 0.340 e. The molecule has 0 saturated carbocycles. The maximum absolute atomic E-state index is 12.1. The predicted octanol–water partition coefficient (Wildman–Crippen LogP) is 4.05. The number of nitrogens with zero attached hydrogens (tertiary/aromatic N) is 2. The minimum atomic E-state index is -0.315. The number of benzene rings is 2. The van der Waals surface area contributed by atoms with Gasteiger partial charge in [-0.2, -0.15) is 0 Å². The number of carbonyl (C=O) groups excluding carboxylic acids is 1. The van der Waals surface area contributed by atoms with E-state index in [0.717, 1.165) is 11.4 Å². The third kappa shape index (κ3) is 3.95. The van der Waals surface area contributed by atoms with E-state index in [9.17, 15) is 4.79 Å². The number of rotatable bonds is 6. The Kier molecular flexibility index (Phi) is 5.72. The van der Waals surface area contributed by atoms with Gasteiger partial charge in [-0.15, -0.1) is 0 Å². The molecule has 0 aromatic heterocycles. The zero-order valence-corrected chi connectivity index (χ0v) is 12.9. The van der Waals surface area contributed by atoms with E-state index in [1.54, 1.807) is 19.3 Å². The number of carbonyl (C=O) groups is 1. The molecule has 0 aliphatic heterocycles. The topological polar surface area (TPSA) is 41.9 Å². The van der Waals surface area contributed by atoms with Gasteiger partial charge >= 0.3 is 5.97 Å². The average Bonchev–Trinajstić information content (AvgIpc) is 2.57. The Morgan fingerprint density at radius 1 is 1.09 bits per heavy atom. The van der Waals surface area contributed by atoms with Crippen molar-refractivity contribution in [3.8, 4) is 0 Å². The van der Waals surface area contributed by atoms with Crippen LogP contribution in [0.5, 0.6) is 0 Å². The minimum Gasteiger partial charge on any atom is -0.462 e. The van der Waals surface area contributed by atoms with Gasteiger partial charge in [0.05, 0.1) is 29.9 Å². The quantitative estimate of drug-likeness (QED) is 0.459. The van der Waals surface area contributed by atoms with E-state index in [-0.39, 0.29) is 5.97 Å². The van der Waals surface area contributed by atoms with Gasteiger partial charge in [0.1, 0.15) is 0 Å². The van der Waals surface area contributed by atoms with Crippen molar-refractivity contribution in [2.45, 2.75) is 13.8 Å². The highest BCUT2D eigenvalue weighted by Gasteiger charge is 2.15. The van der Waals surface area contributed by atoms with Gasteiger partial charge in [0.2, 0.25) is 0 Å². The molecule has 0 fully saturated rings. The summed E-state index contributed by atoms with van der Waals surface area (Å²) in [5, 5.41) is 0. The normalized spacial score (nSPS) is 10.6. The zero-order valence-electron chi connectivity index (χ0n) is 12.9. The van der Waals surface area contributed by atoms with Crippen LogP contribution in [0.15, 0.2) is 59.6 Å². The summed E-state index contributed by atoms with van der Waals surface area (Å²) in [4.78, 5) is 18.4. The Morgan fingerprint density at radius 3 is 2.45 bits per heavy atom. The van der Waals surface area contributed by atoms with Gasteiger partial charge in [0, 0.05) is 6.54 Å². The molecule has 2 aromatic rings. The first kappa shape index (κ1) is 15.8. The molecule has 0 amide bonds. The summed E-state index contributed by atoms with van der Waals surface area (Å²) in [6.45, 7) is 4.87. The van der Waals surface area contributed by atoms with Gasteiger partial charge in [0.25, 0.3) is 0 Å². The van der Waals surface area contributed by atoms with E-state index >= 15 is 0 Å². The molecular formula is C18H20N2O2. The molecule has 0 atom stereocenters. The van der Waals surface area contributed by atoms with E-state index in [2.05, 4.69) is 4.99 Å². The zero-order chi connectivity index (χ0) is 15.8. The van der Waals surface area contributed by atoms with E-state index < -0.39 is 0 Å². The molecule has 0 radical (unpaired) electrons. The third-order valence-electron chi connectivity index (χ3n) is 3.15. The van der Waals surface area contributed by atoms with Crippen molar-refractivity contribution in [3.63, 3.8) is 0 Å². The van der Waals surface area contributed by atoms with Crippen LogP contribution < -0.4 is 4.90 Å². The lowest BCUT2D eigenvalue weighted by molar-refractivity contribution is 0.0527. The van der Waals surface area contributed by atoms with Crippen LogP contribution in [0.1, 0.15) is 24.2 Å². The third-order valence-corrected chi connectivity index (χ3v) is 3.15. The fraction of sp³-hybridized carbons (Fsp3) is 0.222. The van der Waals surface area contributed by atoms with Crippen molar-refractivity contribution < 1.29 is 9.53 Å². The molecule has 0 N–H and O–H groups in total. The molecule has 114 valence electrons. The van der Waals surface area contributed by atoms with Crippen LogP contribution in [0.25, 0.3) is 0 Å². The molecule has 4 heteroatoms. The van der Waals surface area contributed by atoms with Crippen molar-refractivity contribution in [3.05, 3.63) is 60.2 Å². The molecule has 0 aliphatic rings. The summed E-state index contributed by atoms with van der Waals surface area (Å²) in [5.74, 6) is -0.315. The second kappa shape index (κ2) is 7.98.